The number of hydrogen-bond donors (Lipinski definition) is 1. The van der Waals surface area contributed by atoms with E-state index in [1.165, 1.54) is 36.0 Å². The largest absolute Gasteiger partial charge is 0.354 e. The second kappa shape index (κ2) is 5.80. The lowest BCUT2D eigenvalue weighted by molar-refractivity contribution is 0.480. The number of anilines is 1. The quantitative estimate of drug-likeness (QED) is 0.926. The molecule has 0 radical (unpaired) electrons. The first-order valence-electron chi connectivity index (χ1n) is 7.59. The number of rotatable bonds is 3. The van der Waals surface area contributed by atoms with Gasteiger partial charge in [0, 0.05) is 30.1 Å². The third-order valence-corrected chi connectivity index (χ3v) is 4.22. The minimum absolute atomic E-state index is 0.591. The molecule has 1 atom stereocenters. The Balaban J connectivity index is 2.08. The van der Waals surface area contributed by atoms with E-state index in [1.54, 1.807) is 0 Å². The zero-order valence-corrected chi connectivity index (χ0v) is 12.4. The third kappa shape index (κ3) is 2.50. The second-order valence-electron chi connectivity index (χ2n) is 5.73. The molecule has 1 aliphatic rings. The molecule has 0 bridgehead atoms. The summed E-state index contributed by atoms with van der Waals surface area (Å²) in [5, 5.41) is 4.50. The number of benzene rings is 1. The van der Waals surface area contributed by atoms with Gasteiger partial charge in [-0.15, -0.1) is 0 Å². The lowest BCUT2D eigenvalue weighted by atomic mass is 10.0. The van der Waals surface area contributed by atoms with Crippen LogP contribution < -0.4 is 10.2 Å². The molecule has 3 nitrogen and oxygen atoms in total. The Kier molecular flexibility index (Phi) is 3.88. The Bertz CT molecular complexity index is 594. The Morgan fingerprint density at radius 3 is 2.95 bits per heavy atom. The molecule has 1 aromatic heterocycles. The molecule has 0 saturated carbocycles. The molecular weight excluding hydrogens is 246 g/mol. The molecule has 1 aromatic carbocycles. The average Bonchev–Trinajstić information content (AvgIpc) is 2.48. The van der Waals surface area contributed by atoms with Gasteiger partial charge in [-0.2, -0.15) is 0 Å². The number of pyridine rings is 1. The van der Waals surface area contributed by atoms with Gasteiger partial charge in [-0.3, -0.25) is 0 Å². The van der Waals surface area contributed by atoms with Crippen LogP contribution in [-0.2, 0) is 6.54 Å². The summed E-state index contributed by atoms with van der Waals surface area (Å²) < 4.78 is 0. The van der Waals surface area contributed by atoms with Crippen molar-refractivity contribution in [2.24, 2.45) is 0 Å². The van der Waals surface area contributed by atoms with Crippen molar-refractivity contribution >= 4 is 16.7 Å². The summed E-state index contributed by atoms with van der Waals surface area (Å²) in [7, 11) is 2.00. The molecule has 3 rings (SSSR count). The Morgan fingerprint density at radius 1 is 1.30 bits per heavy atom. The molecule has 0 amide bonds. The van der Waals surface area contributed by atoms with E-state index in [4.69, 9.17) is 4.98 Å². The molecule has 1 fully saturated rings. The molecule has 1 saturated heterocycles. The molecule has 1 unspecified atom stereocenters. The molecule has 0 aliphatic carbocycles. The summed E-state index contributed by atoms with van der Waals surface area (Å²) in [4.78, 5) is 7.44. The summed E-state index contributed by atoms with van der Waals surface area (Å²) >= 11 is 0. The second-order valence-corrected chi connectivity index (χ2v) is 5.73. The van der Waals surface area contributed by atoms with Crippen molar-refractivity contribution in [1.82, 2.24) is 10.3 Å². The molecule has 1 aliphatic heterocycles. The minimum Gasteiger partial charge on any atom is -0.354 e. The van der Waals surface area contributed by atoms with Crippen molar-refractivity contribution in [3.05, 3.63) is 35.9 Å². The SMILES string of the molecule is CNCc1cc2ccccc2nc1N1CCCCC1C. The highest BCUT2D eigenvalue weighted by atomic mass is 15.2. The normalized spacial score (nSPS) is 19.5. The predicted molar refractivity (Wildman–Crippen MR) is 85.2 cm³/mol. The number of para-hydroxylation sites is 1. The zero-order chi connectivity index (χ0) is 13.9. The molecule has 1 N–H and O–H groups in total. The number of nitrogens with one attached hydrogen (secondary N) is 1. The molecule has 3 heteroatoms. The fourth-order valence-corrected chi connectivity index (χ4v) is 3.13. The molecule has 2 aromatic rings. The van der Waals surface area contributed by atoms with Crippen molar-refractivity contribution in [1.29, 1.82) is 0 Å². The highest BCUT2D eigenvalue weighted by Crippen LogP contribution is 2.28. The van der Waals surface area contributed by atoms with E-state index in [-0.39, 0.29) is 0 Å². The number of fused-ring (bicyclic) bond motifs is 1. The average molecular weight is 269 g/mol. The van der Waals surface area contributed by atoms with Crippen molar-refractivity contribution in [3.63, 3.8) is 0 Å². The van der Waals surface area contributed by atoms with Crippen LogP contribution in [0.5, 0.6) is 0 Å². The van der Waals surface area contributed by atoms with Crippen molar-refractivity contribution in [2.75, 3.05) is 18.5 Å². The van der Waals surface area contributed by atoms with Crippen LogP contribution in [0.3, 0.4) is 0 Å². The standard InChI is InChI=1S/C17H23N3/c1-13-7-5-6-10-20(13)17-15(12-18-2)11-14-8-3-4-9-16(14)19-17/h3-4,8-9,11,13,18H,5-7,10,12H2,1-2H3. The van der Waals surface area contributed by atoms with Crippen LogP contribution in [0, 0.1) is 0 Å². The van der Waals surface area contributed by atoms with E-state index in [0.717, 1.165) is 18.6 Å². The first kappa shape index (κ1) is 13.4. The molecule has 106 valence electrons. The van der Waals surface area contributed by atoms with Gasteiger partial charge in [0.1, 0.15) is 5.82 Å². The Hall–Kier alpha value is -1.61. The summed E-state index contributed by atoms with van der Waals surface area (Å²) in [6.07, 6.45) is 3.89. The van der Waals surface area contributed by atoms with Gasteiger partial charge in [0.15, 0.2) is 0 Å². The summed E-state index contributed by atoms with van der Waals surface area (Å²) in [6.45, 7) is 4.32. The van der Waals surface area contributed by atoms with Crippen LogP contribution in [0.1, 0.15) is 31.7 Å². The van der Waals surface area contributed by atoms with Crippen molar-refractivity contribution in [3.8, 4) is 0 Å². The molecule has 0 spiro atoms. The van der Waals surface area contributed by atoms with Gasteiger partial charge in [-0.05, 0) is 45.4 Å². The maximum Gasteiger partial charge on any atom is 0.134 e. The molecule has 20 heavy (non-hydrogen) atoms. The van der Waals surface area contributed by atoms with Gasteiger partial charge < -0.3 is 10.2 Å². The number of hydrogen-bond acceptors (Lipinski definition) is 3. The van der Waals surface area contributed by atoms with Crippen LogP contribution in [0.2, 0.25) is 0 Å². The van der Waals surface area contributed by atoms with Crippen LogP contribution in [0.25, 0.3) is 10.9 Å². The zero-order valence-electron chi connectivity index (χ0n) is 12.4. The Morgan fingerprint density at radius 2 is 2.15 bits per heavy atom. The molecule has 2 heterocycles. The lowest BCUT2D eigenvalue weighted by Crippen LogP contribution is -2.38. The van der Waals surface area contributed by atoms with E-state index < -0.39 is 0 Å². The number of aromatic nitrogens is 1. The lowest BCUT2D eigenvalue weighted by Gasteiger charge is -2.35. The van der Waals surface area contributed by atoms with Crippen molar-refractivity contribution in [2.45, 2.75) is 38.8 Å². The number of piperidine rings is 1. The number of nitrogens with zero attached hydrogens (tertiary/aromatic N) is 2. The van der Waals surface area contributed by atoms with E-state index in [1.807, 2.05) is 7.05 Å². The van der Waals surface area contributed by atoms with Gasteiger partial charge in [0.25, 0.3) is 0 Å². The first-order chi connectivity index (χ1) is 9.79. The third-order valence-electron chi connectivity index (χ3n) is 4.22. The van der Waals surface area contributed by atoms with Crippen molar-refractivity contribution < 1.29 is 0 Å². The van der Waals surface area contributed by atoms with E-state index in [0.29, 0.717) is 6.04 Å². The molecular formula is C17H23N3. The first-order valence-corrected chi connectivity index (χ1v) is 7.59. The predicted octanol–water partition coefficient (Wildman–Crippen LogP) is 3.33. The van der Waals surface area contributed by atoms with Gasteiger partial charge in [-0.1, -0.05) is 18.2 Å². The van der Waals surface area contributed by atoms with Gasteiger partial charge in [-0.25, -0.2) is 4.98 Å². The topological polar surface area (TPSA) is 28.2 Å². The summed E-state index contributed by atoms with van der Waals surface area (Å²) in [5.74, 6) is 1.17. The monoisotopic (exact) mass is 269 g/mol. The van der Waals surface area contributed by atoms with E-state index >= 15 is 0 Å². The van der Waals surface area contributed by atoms with Crippen LogP contribution in [0.4, 0.5) is 5.82 Å². The minimum atomic E-state index is 0.591. The Labute approximate surface area is 121 Å². The maximum absolute atomic E-state index is 4.95. The summed E-state index contributed by atoms with van der Waals surface area (Å²) in [5.41, 5.74) is 2.40. The highest BCUT2D eigenvalue weighted by Gasteiger charge is 2.22. The van der Waals surface area contributed by atoms with Gasteiger partial charge in [0.2, 0.25) is 0 Å². The van der Waals surface area contributed by atoms with E-state index in [9.17, 15) is 0 Å². The van der Waals surface area contributed by atoms with Crippen LogP contribution in [-0.4, -0.2) is 24.6 Å². The summed E-state index contributed by atoms with van der Waals surface area (Å²) in [6, 6.07) is 11.3. The highest BCUT2D eigenvalue weighted by molar-refractivity contribution is 5.81. The van der Waals surface area contributed by atoms with Gasteiger partial charge >= 0.3 is 0 Å². The van der Waals surface area contributed by atoms with Gasteiger partial charge in [0.05, 0.1) is 5.52 Å². The van der Waals surface area contributed by atoms with Crippen LogP contribution >= 0.6 is 0 Å². The van der Waals surface area contributed by atoms with E-state index in [2.05, 4.69) is 47.5 Å². The van der Waals surface area contributed by atoms with Crippen LogP contribution in [0.15, 0.2) is 30.3 Å². The fourth-order valence-electron chi connectivity index (χ4n) is 3.13. The fraction of sp³-hybridized carbons (Fsp3) is 0.471. The maximum atomic E-state index is 4.95. The smallest absolute Gasteiger partial charge is 0.134 e.